The van der Waals surface area contributed by atoms with Gasteiger partial charge in [-0.3, -0.25) is 0 Å². The predicted molar refractivity (Wildman–Crippen MR) is 102 cm³/mol. The molecule has 2 atom stereocenters. The second-order valence-electron chi connectivity index (χ2n) is 7.34. The van der Waals surface area contributed by atoms with Gasteiger partial charge in [0.05, 0.1) is 12.6 Å². The fourth-order valence-corrected chi connectivity index (χ4v) is 3.57. The maximum atomic E-state index is 14.4. The van der Waals surface area contributed by atoms with Crippen molar-refractivity contribution < 1.29 is 33.0 Å². The van der Waals surface area contributed by atoms with Crippen molar-refractivity contribution in [3.05, 3.63) is 35.9 Å². The standard InChI is InChI=1S/C21H29F2NO5/c1-2-28-19(26)21(22,23)18(25)17(13-15-9-5-3-6-10-15)24-20(27)29-14-16-11-7-4-8-12-16/h4,7-8,11-12,15,17-18,25H,2-3,5-6,9-10,13-14H2,1H3,(H,24,27). The molecule has 2 unspecified atom stereocenters. The largest absolute Gasteiger partial charge is 0.461 e. The zero-order chi connectivity index (χ0) is 21.3. The zero-order valence-electron chi connectivity index (χ0n) is 16.6. The number of amides is 1. The van der Waals surface area contributed by atoms with E-state index in [4.69, 9.17) is 4.74 Å². The highest BCUT2D eigenvalue weighted by molar-refractivity contribution is 5.78. The molecule has 2 rings (SSSR count). The number of carbonyl (C=O) groups excluding carboxylic acids is 2. The minimum Gasteiger partial charge on any atom is -0.461 e. The summed E-state index contributed by atoms with van der Waals surface area (Å²) in [6.45, 7) is 1.13. The van der Waals surface area contributed by atoms with Gasteiger partial charge in [-0.2, -0.15) is 8.78 Å². The van der Waals surface area contributed by atoms with Crippen molar-refractivity contribution in [1.82, 2.24) is 5.32 Å². The summed E-state index contributed by atoms with van der Waals surface area (Å²) in [6, 6.07) is 7.57. The first-order chi connectivity index (χ1) is 13.8. The first-order valence-electron chi connectivity index (χ1n) is 10.0. The van der Waals surface area contributed by atoms with Crippen molar-refractivity contribution in [3.63, 3.8) is 0 Å². The number of alkyl carbamates (subject to hydrolysis) is 1. The van der Waals surface area contributed by atoms with Crippen LogP contribution < -0.4 is 5.32 Å². The molecule has 162 valence electrons. The van der Waals surface area contributed by atoms with Gasteiger partial charge in [-0.25, -0.2) is 9.59 Å². The molecule has 0 radical (unpaired) electrons. The smallest absolute Gasteiger partial charge is 0.407 e. The van der Waals surface area contributed by atoms with Crippen LogP contribution in [0, 0.1) is 5.92 Å². The Balaban J connectivity index is 2.04. The summed E-state index contributed by atoms with van der Waals surface area (Å²) in [5, 5.41) is 12.6. The van der Waals surface area contributed by atoms with Crippen LogP contribution in [0.4, 0.5) is 13.6 Å². The van der Waals surface area contributed by atoms with E-state index in [1.165, 1.54) is 6.92 Å². The fourth-order valence-electron chi connectivity index (χ4n) is 3.57. The summed E-state index contributed by atoms with van der Waals surface area (Å²) < 4.78 is 38.3. The lowest BCUT2D eigenvalue weighted by Crippen LogP contribution is -2.55. The number of rotatable bonds is 9. The van der Waals surface area contributed by atoms with Gasteiger partial charge in [-0.05, 0) is 24.8 Å². The number of hydrogen-bond acceptors (Lipinski definition) is 5. The third-order valence-electron chi connectivity index (χ3n) is 5.13. The molecule has 1 aromatic carbocycles. The molecule has 0 heterocycles. The van der Waals surface area contributed by atoms with E-state index < -0.39 is 30.1 Å². The number of aliphatic hydroxyl groups excluding tert-OH is 1. The van der Waals surface area contributed by atoms with E-state index >= 15 is 0 Å². The molecule has 1 fully saturated rings. The lowest BCUT2D eigenvalue weighted by Gasteiger charge is -2.32. The summed E-state index contributed by atoms with van der Waals surface area (Å²) in [4.78, 5) is 23.8. The Morgan fingerprint density at radius 2 is 1.83 bits per heavy atom. The van der Waals surface area contributed by atoms with Gasteiger partial charge < -0.3 is 19.9 Å². The lowest BCUT2D eigenvalue weighted by molar-refractivity contribution is -0.191. The van der Waals surface area contributed by atoms with Gasteiger partial charge in [0.2, 0.25) is 0 Å². The second-order valence-corrected chi connectivity index (χ2v) is 7.34. The maximum absolute atomic E-state index is 14.4. The van der Waals surface area contributed by atoms with E-state index in [2.05, 4.69) is 10.1 Å². The SMILES string of the molecule is CCOC(=O)C(F)(F)C(O)C(CC1CCCCC1)NC(=O)OCc1ccccc1. The summed E-state index contributed by atoms with van der Waals surface area (Å²) in [5.74, 6) is -5.86. The van der Waals surface area contributed by atoms with Gasteiger partial charge in [0.25, 0.3) is 0 Å². The Kier molecular flexibility index (Phi) is 8.82. The van der Waals surface area contributed by atoms with Gasteiger partial charge in [-0.15, -0.1) is 0 Å². The Labute approximate surface area is 169 Å². The predicted octanol–water partition coefficient (Wildman–Crippen LogP) is 3.81. The van der Waals surface area contributed by atoms with E-state index in [-0.39, 0.29) is 25.6 Å². The number of aliphatic hydroxyl groups is 1. The summed E-state index contributed by atoms with van der Waals surface area (Å²) >= 11 is 0. The van der Waals surface area contributed by atoms with E-state index in [9.17, 15) is 23.5 Å². The minimum absolute atomic E-state index is 0.0345. The highest BCUT2D eigenvalue weighted by atomic mass is 19.3. The highest BCUT2D eigenvalue weighted by Gasteiger charge is 2.52. The highest BCUT2D eigenvalue weighted by Crippen LogP contribution is 2.31. The van der Waals surface area contributed by atoms with Crippen LogP contribution >= 0.6 is 0 Å². The molecule has 1 amide bonds. The number of carbonyl (C=O) groups is 2. The van der Waals surface area contributed by atoms with E-state index in [1.807, 2.05) is 6.07 Å². The van der Waals surface area contributed by atoms with Crippen LogP contribution in [0.1, 0.15) is 51.0 Å². The van der Waals surface area contributed by atoms with Crippen LogP contribution in [0.2, 0.25) is 0 Å². The second kappa shape index (κ2) is 11.1. The topological polar surface area (TPSA) is 84.9 Å². The molecule has 2 N–H and O–H groups in total. The van der Waals surface area contributed by atoms with Gasteiger partial charge in [-0.1, -0.05) is 62.4 Å². The maximum Gasteiger partial charge on any atom is 0.407 e. The normalized spacial score (nSPS) is 17.2. The van der Waals surface area contributed by atoms with Crippen LogP contribution in [0.25, 0.3) is 0 Å². The Morgan fingerprint density at radius 3 is 2.45 bits per heavy atom. The molecule has 1 aliphatic rings. The number of ether oxygens (including phenoxy) is 2. The lowest BCUT2D eigenvalue weighted by atomic mass is 9.83. The van der Waals surface area contributed by atoms with Crippen LogP contribution in [-0.2, 0) is 20.9 Å². The van der Waals surface area contributed by atoms with Gasteiger partial charge in [0.1, 0.15) is 12.7 Å². The number of alkyl halides is 2. The number of benzene rings is 1. The van der Waals surface area contributed by atoms with E-state index in [1.54, 1.807) is 24.3 Å². The third-order valence-corrected chi connectivity index (χ3v) is 5.13. The molecule has 0 aliphatic heterocycles. The monoisotopic (exact) mass is 413 g/mol. The first-order valence-corrected chi connectivity index (χ1v) is 10.0. The number of hydrogen-bond donors (Lipinski definition) is 2. The number of nitrogens with one attached hydrogen (secondary N) is 1. The van der Waals surface area contributed by atoms with Gasteiger partial charge in [0.15, 0.2) is 0 Å². The summed E-state index contributed by atoms with van der Waals surface area (Å²) in [5.41, 5.74) is 0.740. The van der Waals surface area contributed by atoms with Crippen molar-refractivity contribution in [2.75, 3.05) is 6.61 Å². The van der Waals surface area contributed by atoms with Gasteiger partial charge >= 0.3 is 18.0 Å². The van der Waals surface area contributed by atoms with Gasteiger partial charge in [0, 0.05) is 0 Å². The van der Waals surface area contributed by atoms with E-state index in [0.29, 0.717) is 0 Å². The van der Waals surface area contributed by atoms with Crippen molar-refractivity contribution >= 4 is 12.1 Å². The quantitative estimate of drug-likeness (QED) is 0.602. The molecule has 0 aromatic heterocycles. The molecular weight excluding hydrogens is 384 g/mol. The number of esters is 1. The summed E-state index contributed by atoms with van der Waals surface area (Å²) in [6.07, 6.45) is 1.48. The molecule has 1 saturated carbocycles. The fraction of sp³-hybridized carbons (Fsp3) is 0.619. The Bertz CT molecular complexity index is 650. The Hall–Kier alpha value is -2.22. The molecule has 8 heteroatoms. The Morgan fingerprint density at radius 1 is 1.17 bits per heavy atom. The summed E-state index contributed by atoms with van der Waals surface area (Å²) in [7, 11) is 0. The third kappa shape index (κ3) is 6.96. The number of halogens is 2. The first kappa shape index (κ1) is 23.1. The molecule has 29 heavy (non-hydrogen) atoms. The molecule has 0 bridgehead atoms. The van der Waals surface area contributed by atoms with Crippen molar-refractivity contribution in [3.8, 4) is 0 Å². The molecule has 0 spiro atoms. The molecule has 1 aliphatic carbocycles. The minimum atomic E-state index is -4.14. The van der Waals surface area contributed by atoms with Crippen molar-refractivity contribution in [2.45, 2.75) is 70.1 Å². The van der Waals surface area contributed by atoms with Crippen molar-refractivity contribution in [2.24, 2.45) is 5.92 Å². The van der Waals surface area contributed by atoms with E-state index in [0.717, 1.165) is 37.7 Å². The van der Waals surface area contributed by atoms with Crippen molar-refractivity contribution in [1.29, 1.82) is 0 Å². The van der Waals surface area contributed by atoms with Crippen LogP contribution in [-0.4, -0.2) is 41.8 Å². The zero-order valence-corrected chi connectivity index (χ0v) is 16.6. The molecular formula is C21H29F2NO5. The van der Waals surface area contributed by atoms with Crippen LogP contribution in [0.3, 0.4) is 0 Å². The van der Waals surface area contributed by atoms with Crippen LogP contribution in [0.15, 0.2) is 30.3 Å². The molecule has 1 aromatic rings. The average Bonchev–Trinajstić information content (AvgIpc) is 2.73. The van der Waals surface area contributed by atoms with Crippen LogP contribution in [0.5, 0.6) is 0 Å². The molecule has 6 nitrogen and oxygen atoms in total. The molecule has 0 saturated heterocycles. The average molecular weight is 413 g/mol.